The minimum Gasteiger partial charge on any atom is -0.495 e. The van der Waals surface area contributed by atoms with Gasteiger partial charge in [-0.1, -0.05) is 18.2 Å². The molecule has 1 N–H and O–H groups in total. The average Bonchev–Trinajstić information content (AvgIpc) is 3.32. The zero-order valence-electron chi connectivity index (χ0n) is 19.2. The molecular weight excluding hydrogens is 456 g/mol. The lowest BCUT2D eigenvalue weighted by atomic mass is 9.48. The van der Waals surface area contributed by atoms with Crippen molar-refractivity contribution in [3.05, 3.63) is 41.8 Å². The highest BCUT2D eigenvalue weighted by Crippen LogP contribution is 2.61. The number of rotatable bonds is 8. The first-order valence-electron chi connectivity index (χ1n) is 11.8. The van der Waals surface area contributed by atoms with Gasteiger partial charge in [-0.05, 0) is 92.2 Å². The zero-order chi connectivity index (χ0) is 23.2. The molecule has 1 amide bonds. The number of anilines is 1. The van der Waals surface area contributed by atoms with Crippen molar-refractivity contribution in [2.24, 2.45) is 23.2 Å². The van der Waals surface area contributed by atoms with E-state index in [-0.39, 0.29) is 28.1 Å². The highest BCUT2D eigenvalue weighted by molar-refractivity contribution is 7.94. The van der Waals surface area contributed by atoms with E-state index in [1.807, 2.05) is 0 Å². The van der Waals surface area contributed by atoms with Gasteiger partial charge in [0.15, 0.2) is 0 Å². The molecule has 178 valence electrons. The Morgan fingerprint density at radius 2 is 1.76 bits per heavy atom. The lowest BCUT2D eigenvalue weighted by Gasteiger charge is -2.59. The van der Waals surface area contributed by atoms with Crippen LogP contribution >= 0.6 is 11.3 Å². The quantitative estimate of drug-likeness (QED) is 0.586. The average molecular weight is 489 g/mol. The molecule has 6 nitrogen and oxygen atoms in total. The Morgan fingerprint density at radius 3 is 2.33 bits per heavy atom. The summed E-state index contributed by atoms with van der Waals surface area (Å²) in [6, 6.07) is 10.2. The van der Waals surface area contributed by atoms with E-state index in [0.29, 0.717) is 11.4 Å². The van der Waals surface area contributed by atoms with Crippen LogP contribution in [0.25, 0.3) is 0 Å². The van der Waals surface area contributed by atoms with E-state index in [2.05, 4.69) is 12.2 Å². The number of para-hydroxylation sites is 2. The molecule has 4 bridgehead atoms. The summed E-state index contributed by atoms with van der Waals surface area (Å²) in [4.78, 5) is 13.3. The highest BCUT2D eigenvalue weighted by atomic mass is 32.2. The van der Waals surface area contributed by atoms with Crippen LogP contribution in [0.15, 0.2) is 46.0 Å². The van der Waals surface area contributed by atoms with Crippen molar-refractivity contribution in [2.75, 3.05) is 18.0 Å². The van der Waals surface area contributed by atoms with Crippen molar-refractivity contribution in [1.29, 1.82) is 0 Å². The monoisotopic (exact) mass is 488 g/mol. The normalized spacial score (nSPS) is 29.0. The first-order valence-corrected chi connectivity index (χ1v) is 14.1. The minimum atomic E-state index is -3.91. The van der Waals surface area contributed by atoms with Gasteiger partial charge in [0.2, 0.25) is 5.91 Å². The second kappa shape index (κ2) is 8.62. The molecule has 4 fully saturated rings. The number of hydrogen-bond donors (Lipinski definition) is 1. The second-order valence-electron chi connectivity index (χ2n) is 10.2. The van der Waals surface area contributed by atoms with Gasteiger partial charge < -0.3 is 10.1 Å². The molecule has 1 heterocycles. The first kappa shape index (κ1) is 22.7. The van der Waals surface area contributed by atoms with Crippen LogP contribution in [0, 0.1) is 23.2 Å². The number of sulfonamides is 1. The molecule has 0 unspecified atom stereocenters. The van der Waals surface area contributed by atoms with Crippen molar-refractivity contribution in [3.8, 4) is 5.75 Å². The van der Waals surface area contributed by atoms with E-state index in [1.54, 1.807) is 41.8 Å². The standard InChI is InChI=1S/C25H32N2O4S2/c1-17(25-13-18-10-19(14-25)12-20(11-18)15-25)26-23(28)16-27(21-6-3-4-7-22(21)31-2)33(29,30)24-8-5-9-32-24/h3-9,17-20H,10-16H2,1-2H3,(H,26,28)/t17-,18?,19?,20?,25?/m1/s1. The van der Waals surface area contributed by atoms with Crippen molar-refractivity contribution in [1.82, 2.24) is 5.32 Å². The molecule has 8 heteroatoms. The summed E-state index contributed by atoms with van der Waals surface area (Å²) in [7, 11) is -2.40. The second-order valence-corrected chi connectivity index (χ2v) is 13.2. The number of amides is 1. The minimum absolute atomic E-state index is 0.0300. The molecule has 0 aliphatic heterocycles. The Morgan fingerprint density at radius 1 is 1.12 bits per heavy atom. The topological polar surface area (TPSA) is 75.7 Å². The van der Waals surface area contributed by atoms with Gasteiger partial charge >= 0.3 is 0 Å². The SMILES string of the molecule is COc1ccccc1N(CC(=O)N[C@H](C)C12CC3CC(CC(C3)C1)C2)S(=O)(=O)c1cccs1. The summed E-state index contributed by atoms with van der Waals surface area (Å²) in [5, 5.41) is 4.93. The number of methoxy groups -OCH3 is 1. The predicted molar refractivity (Wildman–Crippen MR) is 130 cm³/mol. The van der Waals surface area contributed by atoms with Crippen LogP contribution < -0.4 is 14.4 Å². The summed E-state index contributed by atoms with van der Waals surface area (Å²) in [6.07, 6.45) is 7.60. The van der Waals surface area contributed by atoms with Crippen LogP contribution in [0.2, 0.25) is 0 Å². The first-order chi connectivity index (χ1) is 15.8. The molecule has 1 aromatic heterocycles. The number of ether oxygens (including phenoxy) is 1. The van der Waals surface area contributed by atoms with Gasteiger partial charge in [-0.3, -0.25) is 9.10 Å². The van der Waals surface area contributed by atoms with E-state index in [4.69, 9.17) is 4.74 Å². The molecule has 0 spiro atoms. The number of nitrogens with one attached hydrogen (secondary N) is 1. The van der Waals surface area contributed by atoms with Crippen molar-refractivity contribution >= 4 is 33.0 Å². The van der Waals surface area contributed by atoms with E-state index in [0.717, 1.165) is 29.1 Å². The van der Waals surface area contributed by atoms with E-state index in [9.17, 15) is 13.2 Å². The third kappa shape index (κ3) is 4.16. The number of thiophene rings is 1. The third-order valence-corrected chi connectivity index (χ3v) is 11.2. The maximum atomic E-state index is 13.5. The molecule has 1 atom stereocenters. The molecule has 0 saturated heterocycles. The predicted octanol–water partition coefficient (Wildman–Crippen LogP) is 4.67. The fourth-order valence-electron chi connectivity index (χ4n) is 6.93. The highest BCUT2D eigenvalue weighted by Gasteiger charge is 2.53. The molecule has 4 aliphatic carbocycles. The Hall–Kier alpha value is -2.06. The fraction of sp³-hybridized carbons (Fsp3) is 0.560. The van der Waals surface area contributed by atoms with Crippen molar-refractivity contribution in [2.45, 2.75) is 55.7 Å². The molecule has 33 heavy (non-hydrogen) atoms. The molecule has 6 rings (SSSR count). The van der Waals surface area contributed by atoms with Gasteiger partial charge in [-0.15, -0.1) is 11.3 Å². The maximum absolute atomic E-state index is 13.5. The molecule has 4 aliphatic rings. The number of nitrogens with zero attached hydrogens (tertiary/aromatic N) is 1. The maximum Gasteiger partial charge on any atom is 0.274 e. The number of benzene rings is 1. The van der Waals surface area contributed by atoms with E-state index < -0.39 is 10.0 Å². The van der Waals surface area contributed by atoms with Crippen LogP contribution in [0.5, 0.6) is 5.75 Å². The van der Waals surface area contributed by atoms with Crippen molar-refractivity contribution < 1.29 is 17.9 Å². The van der Waals surface area contributed by atoms with E-state index in [1.165, 1.54) is 49.9 Å². The summed E-state index contributed by atoms with van der Waals surface area (Å²) >= 11 is 1.14. The van der Waals surface area contributed by atoms with Gasteiger partial charge in [-0.25, -0.2) is 8.42 Å². The molecule has 0 radical (unpaired) electrons. The van der Waals surface area contributed by atoms with Gasteiger partial charge in [0.1, 0.15) is 16.5 Å². The zero-order valence-corrected chi connectivity index (χ0v) is 20.8. The summed E-state index contributed by atoms with van der Waals surface area (Å²) in [5.74, 6) is 2.52. The van der Waals surface area contributed by atoms with Gasteiger partial charge in [0.25, 0.3) is 10.0 Å². The Balaban J connectivity index is 1.38. The smallest absolute Gasteiger partial charge is 0.274 e. The molecular formula is C25H32N2O4S2. The van der Waals surface area contributed by atoms with E-state index >= 15 is 0 Å². The summed E-state index contributed by atoms with van der Waals surface area (Å²) in [5.41, 5.74) is 0.526. The Labute approximate surface area is 200 Å². The van der Waals surface area contributed by atoms with Crippen molar-refractivity contribution in [3.63, 3.8) is 0 Å². The summed E-state index contributed by atoms with van der Waals surface area (Å²) < 4.78 is 33.8. The van der Waals surface area contributed by atoms with Crippen LogP contribution in [-0.2, 0) is 14.8 Å². The van der Waals surface area contributed by atoms with Gasteiger partial charge in [0.05, 0.1) is 12.8 Å². The molecule has 2 aromatic rings. The largest absolute Gasteiger partial charge is 0.495 e. The lowest BCUT2D eigenvalue weighted by molar-refractivity contribution is -0.124. The third-order valence-electron chi connectivity index (χ3n) is 8.06. The Bertz CT molecular complexity index is 1080. The summed E-state index contributed by atoms with van der Waals surface area (Å²) in [6.45, 7) is 1.84. The lowest BCUT2D eigenvalue weighted by Crippen LogP contribution is -2.57. The van der Waals surface area contributed by atoms with Gasteiger partial charge in [0, 0.05) is 6.04 Å². The fourth-order valence-corrected chi connectivity index (χ4v) is 9.47. The van der Waals surface area contributed by atoms with Crippen LogP contribution in [0.3, 0.4) is 0 Å². The molecule has 4 saturated carbocycles. The Kier molecular flexibility index (Phi) is 5.93. The number of carbonyl (C=O) groups is 1. The van der Waals surface area contributed by atoms with Gasteiger partial charge in [-0.2, -0.15) is 0 Å². The number of hydrogen-bond acceptors (Lipinski definition) is 5. The van der Waals surface area contributed by atoms with Crippen LogP contribution in [0.1, 0.15) is 45.4 Å². The number of carbonyl (C=O) groups excluding carboxylic acids is 1. The molecule has 1 aromatic carbocycles. The van der Waals surface area contributed by atoms with Crippen LogP contribution in [0.4, 0.5) is 5.69 Å². The van der Waals surface area contributed by atoms with Crippen LogP contribution in [-0.4, -0.2) is 34.0 Å².